The predicted octanol–water partition coefficient (Wildman–Crippen LogP) is 5.54. The van der Waals surface area contributed by atoms with E-state index < -0.39 is 0 Å². The van der Waals surface area contributed by atoms with Gasteiger partial charge in [-0.1, -0.05) is 29.8 Å². The number of anilines is 2. The molecule has 2 rings (SSSR count). The summed E-state index contributed by atoms with van der Waals surface area (Å²) in [7, 11) is 1.39. The van der Waals surface area contributed by atoms with Gasteiger partial charge in [-0.3, -0.25) is 0 Å². The van der Waals surface area contributed by atoms with E-state index in [1.54, 1.807) is 0 Å². The molecule has 0 aliphatic rings. The fourth-order valence-electron chi connectivity index (χ4n) is 2.64. The molecule has 1 aromatic carbocycles. The zero-order valence-electron chi connectivity index (χ0n) is 14.7. The minimum atomic E-state index is -0.343. The van der Waals surface area contributed by atoms with Crippen LogP contribution in [0.5, 0.6) is 0 Å². The highest BCUT2D eigenvalue weighted by Crippen LogP contribution is 2.34. The molecule has 0 radical (unpaired) electrons. The van der Waals surface area contributed by atoms with Crippen LogP contribution in [0.3, 0.4) is 0 Å². The molecule has 4 nitrogen and oxygen atoms in total. The second kappa shape index (κ2) is 8.78. The lowest BCUT2D eigenvalue weighted by molar-refractivity contribution is 0.0601. The average Bonchev–Trinajstić information content (AvgIpc) is 2.90. The molecule has 0 aliphatic heterocycles. The van der Waals surface area contributed by atoms with Gasteiger partial charge in [0, 0.05) is 15.0 Å². The van der Waals surface area contributed by atoms with Gasteiger partial charge in [-0.05, 0) is 61.3 Å². The minimum absolute atomic E-state index is 0.343. The third kappa shape index (κ3) is 4.59. The quantitative estimate of drug-likeness (QED) is 0.471. The number of hydrogen-bond acceptors (Lipinski definition) is 4. The number of hydrogen-bond donors (Lipinski definition) is 2. The first-order valence-electron chi connectivity index (χ1n) is 7.98. The minimum Gasteiger partial charge on any atom is -0.465 e. The fourth-order valence-corrected chi connectivity index (χ4v) is 4.47. The molecule has 2 aromatic rings. The maximum absolute atomic E-state index is 12.2. The van der Waals surface area contributed by atoms with E-state index in [0.29, 0.717) is 15.7 Å². The Kier molecular flexibility index (Phi) is 6.98. The Hall–Kier alpha value is -1.44. The van der Waals surface area contributed by atoms with E-state index in [1.165, 1.54) is 18.4 Å². The zero-order valence-corrected chi connectivity index (χ0v) is 17.9. The summed E-state index contributed by atoms with van der Waals surface area (Å²) in [5.74, 6) is -0.343. The maximum Gasteiger partial charge on any atom is 0.341 e. The average molecular weight is 441 g/mol. The molecular formula is C18H21BrN2O2S2. The number of carbonyl (C=O) groups excluding carboxylic acids is 1. The van der Waals surface area contributed by atoms with Crippen LogP contribution in [0.15, 0.2) is 22.7 Å². The lowest BCUT2D eigenvalue weighted by Crippen LogP contribution is -2.21. The Morgan fingerprint density at radius 3 is 2.60 bits per heavy atom. The van der Waals surface area contributed by atoms with Gasteiger partial charge in [-0.25, -0.2) is 4.79 Å². The SMILES string of the molecule is CCc1cc(Br)ccc1NC(=S)Nc1sc(C)c(CC)c1C(=O)OC. The Morgan fingerprint density at radius 2 is 2.00 bits per heavy atom. The summed E-state index contributed by atoms with van der Waals surface area (Å²) in [6.45, 7) is 6.12. The van der Waals surface area contributed by atoms with Gasteiger partial charge in [0.25, 0.3) is 0 Å². The molecule has 0 fully saturated rings. The van der Waals surface area contributed by atoms with Crippen molar-refractivity contribution in [2.24, 2.45) is 0 Å². The largest absolute Gasteiger partial charge is 0.465 e. The first kappa shape index (κ1) is 19.9. The van der Waals surface area contributed by atoms with Gasteiger partial charge in [-0.15, -0.1) is 11.3 Å². The lowest BCUT2D eigenvalue weighted by Gasteiger charge is -2.14. The van der Waals surface area contributed by atoms with Gasteiger partial charge in [0.1, 0.15) is 5.00 Å². The van der Waals surface area contributed by atoms with Crippen LogP contribution in [-0.2, 0) is 17.6 Å². The number of ether oxygens (including phenoxy) is 1. The number of methoxy groups -OCH3 is 1. The number of rotatable bonds is 5. The molecule has 0 saturated carbocycles. The van der Waals surface area contributed by atoms with Gasteiger partial charge in [-0.2, -0.15) is 0 Å². The molecule has 1 heterocycles. The number of halogens is 1. The third-order valence-corrected chi connectivity index (χ3v) is 5.64. The van der Waals surface area contributed by atoms with Gasteiger partial charge in [0.2, 0.25) is 0 Å². The summed E-state index contributed by atoms with van der Waals surface area (Å²) in [5.41, 5.74) is 3.68. The van der Waals surface area contributed by atoms with Crippen LogP contribution in [0.2, 0.25) is 0 Å². The third-order valence-electron chi connectivity index (χ3n) is 3.88. The molecule has 134 valence electrons. The normalized spacial score (nSPS) is 10.4. The summed E-state index contributed by atoms with van der Waals surface area (Å²) in [5, 5.41) is 7.55. The number of thiocarbonyl (C=S) groups is 1. The second-order valence-electron chi connectivity index (χ2n) is 5.42. The van der Waals surface area contributed by atoms with E-state index in [9.17, 15) is 4.79 Å². The molecule has 0 amide bonds. The number of carbonyl (C=O) groups is 1. The van der Waals surface area contributed by atoms with Crippen LogP contribution >= 0.6 is 39.5 Å². The maximum atomic E-state index is 12.2. The highest BCUT2D eigenvalue weighted by atomic mass is 79.9. The molecule has 7 heteroatoms. The number of thiophene rings is 1. The van der Waals surface area contributed by atoms with Gasteiger partial charge in [0.15, 0.2) is 5.11 Å². The summed E-state index contributed by atoms with van der Waals surface area (Å²) in [6.07, 6.45) is 1.65. The van der Waals surface area contributed by atoms with Crippen LogP contribution < -0.4 is 10.6 Å². The van der Waals surface area contributed by atoms with Crippen molar-refractivity contribution in [2.75, 3.05) is 17.7 Å². The topological polar surface area (TPSA) is 50.4 Å². The van der Waals surface area contributed by atoms with Crippen molar-refractivity contribution >= 4 is 61.3 Å². The predicted molar refractivity (Wildman–Crippen MR) is 113 cm³/mol. The van der Waals surface area contributed by atoms with Gasteiger partial charge in [0.05, 0.1) is 12.7 Å². The molecule has 1 aromatic heterocycles. The Balaban J connectivity index is 2.25. The van der Waals surface area contributed by atoms with Crippen molar-refractivity contribution in [3.63, 3.8) is 0 Å². The molecule has 25 heavy (non-hydrogen) atoms. The van der Waals surface area contributed by atoms with E-state index in [2.05, 4.69) is 39.6 Å². The lowest BCUT2D eigenvalue weighted by atomic mass is 10.1. The van der Waals surface area contributed by atoms with E-state index in [1.807, 2.05) is 26.0 Å². The number of aryl methyl sites for hydroxylation is 2. The van der Waals surface area contributed by atoms with Crippen LogP contribution in [0.4, 0.5) is 10.7 Å². The van der Waals surface area contributed by atoms with Crippen molar-refractivity contribution in [2.45, 2.75) is 33.6 Å². The highest BCUT2D eigenvalue weighted by Gasteiger charge is 2.22. The molecule has 0 bridgehead atoms. The molecule has 0 atom stereocenters. The second-order valence-corrected chi connectivity index (χ2v) is 7.97. The molecule has 0 aliphatic carbocycles. The molecular weight excluding hydrogens is 420 g/mol. The summed E-state index contributed by atoms with van der Waals surface area (Å²) >= 11 is 10.4. The number of nitrogens with one attached hydrogen (secondary N) is 2. The number of esters is 1. The van der Waals surface area contributed by atoms with Gasteiger partial charge >= 0.3 is 5.97 Å². The standard InChI is InChI=1S/C18H21BrN2O2S2/c1-5-11-9-12(19)7-8-14(11)20-18(24)21-16-15(17(22)23-4)13(6-2)10(3)25-16/h7-9H,5-6H2,1-4H3,(H2,20,21,24). The monoisotopic (exact) mass is 440 g/mol. The highest BCUT2D eigenvalue weighted by molar-refractivity contribution is 9.10. The molecule has 0 unspecified atom stereocenters. The Labute approximate surface area is 166 Å². The summed E-state index contributed by atoms with van der Waals surface area (Å²) in [6, 6.07) is 6.01. The van der Waals surface area contributed by atoms with Crippen LogP contribution in [0, 0.1) is 6.92 Å². The van der Waals surface area contributed by atoms with E-state index in [4.69, 9.17) is 17.0 Å². The Bertz CT molecular complexity index is 803. The number of benzene rings is 1. The van der Waals surface area contributed by atoms with Crippen molar-refractivity contribution < 1.29 is 9.53 Å². The van der Waals surface area contributed by atoms with E-state index in [-0.39, 0.29) is 5.97 Å². The van der Waals surface area contributed by atoms with E-state index >= 15 is 0 Å². The molecule has 2 N–H and O–H groups in total. The van der Waals surface area contributed by atoms with Crippen LogP contribution in [-0.4, -0.2) is 18.2 Å². The van der Waals surface area contributed by atoms with Crippen molar-refractivity contribution in [3.8, 4) is 0 Å². The van der Waals surface area contributed by atoms with Crippen LogP contribution in [0.25, 0.3) is 0 Å². The smallest absolute Gasteiger partial charge is 0.341 e. The first-order valence-corrected chi connectivity index (χ1v) is 9.99. The van der Waals surface area contributed by atoms with Gasteiger partial charge < -0.3 is 15.4 Å². The van der Waals surface area contributed by atoms with Crippen LogP contribution in [0.1, 0.15) is 40.2 Å². The van der Waals surface area contributed by atoms with E-state index in [0.717, 1.165) is 39.0 Å². The van der Waals surface area contributed by atoms with Crippen molar-refractivity contribution in [3.05, 3.63) is 44.2 Å². The first-order chi connectivity index (χ1) is 11.9. The summed E-state index contributed by atoms with van der Waals surface area (Å²) in [4.78, 5) is 13.3. The molecule has 0 spiro atoms. The fraction of sp³-hybridized carbons (Fsp3) is 0.333. The zero-order chi connectivity index (χ0) is 18.6. The summed E-state index contributed by atoms with van der Waals surface area (Å²) < 4.78 is 5.97. The van der Waals surface area contributed by atoms with Crippen molar-refractivity contribution in [1.29, 1.82) is 0 Å². The van der Waals surface area contributed by atoms with Crippen molar-refractivity contribution in [1.82, 2.24) is 0 Å². The Morgan fingerprint density at radius 1 is 1.28 bits per heavy atom. The molecule has 0 saturated heterocycles.